The maximum atomic E-state index is 13.6. The van der Waals surface area contributed by atoms with E-state index >= 15 is 0 Å². The van der Waals surface area contributed by atoms with Gasteiger partial charge < -0.3 is 19.6 Å². The highest BCUT2D eigenvalue weighted by molar-refractivity contribution is 5.47. The minimum atomic E-state index is -4.49. The van der Waals surface area contributed by atoms with Crippen LogP contribution in [0, 0.1) is 0 Å². The number of aliphatic hydroxyl groups is 1. The zero-order valence-electron chi connectivity index (χ0n) is 15.7. The van der Waals surface area contributed by atoms with Gasteiger partial charge in [-0.2, -0.15) is 18.2 Å². The number of hydrogen-bond acceptors (Lipinski definition) is 6. The molecule has 1 N–H and O–H groups in total. The van der Waals surface area contributed by atoms with Crippen molar-refractivity contribution in [1.29, 1.82) is 0 Å². The van der Waals surface area contributed by atoms with Gasteiger partial charge >= 0.3 is 6.18 Å². The minimum Gasteiger partial charge on any atom is -0.389 e. The Labute approximate surface area is 155 Å². The molecule has 0 bridgehead atoms. The van der Waals surface area contributed by atoms with E-state index in [2.05, 4.69) is 4.98 Å². The maximum Gasteiger partial charge on any atom is 0.408 e. The average molecular weight is 390 g/mol. The summed E-state index contributed by atoms with van der Waals surface area (Å²) in [7, 11) is 0. The second-order valence-corrected chi connectivity index (χ2v) is 7.81. The Morgan fingerprint density at radius 1 is 1.33 bits per heavy atom. The number of fused-ring (bicyclic) bond motifs is 1. The fourth-order valence-electron chi connectivity index (χ4n) is 3.61. The van der Waals surface area contributed by atoms with Gasteiger partial charge in [0.2, 0.25) is 5.95 Å². The van der Waals surface area contributed by atoms with E-state index in [1.807, 2.05) is 11.8 Å². The van der Waals surface area contributed by atoms with Crippen molar-refractivity contribution in [3.05, 3.63) is 16.4 Å². The third-order valence-corrected chi connectivity index (χ3v) is 4.83. The first kappa shape index (κ1) is 19.9. The van der Waals surface area contributed by atoms with Crippen LogP contribution >= 0.6 is 0 Å². The number of ether oxygens (including phenoxy) is 1. The van der Waals surface area contributed by atoms with E-state index < -0.39 is 23.4 Å². The molecule has 0 aromatic carbocycles. The number of rotatable bonds is 3. The van der Waals surface area contributed by atoms with Crippen LogP contribution in [0.1, 0.15) is 27.2 Å². The number of hydrogen-bond donors (Lipinski definition) is 1. The van der Waals surface area contributed by atoms with E-state index in [1.54, 1.807) is 0 Å². The van der Waals surface area contributed by atoms with Gasteiger partial charge in [0.25, 0.3) is 5.56 Å². The number of halogens is 3. The second-order valence-electron chi connectivity index (χ2n) is 7.81. The molecule has 1 aromatic rings. The summed E-state index contributed by atoms with van der Waals surface area (Å²) in [5.74, 6) is 0.289. The van der Waals surface area contributed by atoms with Crippen LogP contribution in [0.25, 0.3) is 0 Å². The van der Waals surface area contributed by atoms with E-state index in [0.717, 1.165) is 4.90 Å². The van der Waals surface area contributed by atoms with Crippen LogP contribution in [-0.2, 0) is 11.3 Å². The molecule has 7 nitrogen and oxygen atoms in total. The van der Waals surface area contributed by atoms with E-state index in [0.29, 0.717) is 25.6 Å². The summed E-state index contributed by atoms with van der Waals surface area (Å²) >= 11 is 0. The highest BCUT2D eigenvalue weighted by atomic mass is 19.4. The Morgan fingerprint density at radius 2 is 2.04 bits per heavy atom. The topological polar surface area (TPSA) is 70.8 Å². The summed E-state index contributed by atoms with van der Waals surface area (Å²) in [4.78, 5) is 19.9. The van der Waals surface area contributed by atoms with Crippen molar-refractivity contribution in [3.63, 3.8) is 0 Å². The van der Waals surface area contributed by atoms with Crippen molar-refractivity contribution in [2.45, 2.75) is 57.6 Å². The first-order chi connectivity index (χ1) is 12.5. The van der Waals surface area contributed by atoms with Crippen LogP contribution in [0.15, 0.2) is 10.9 Å². The third-order valence-electron chi connectivity index (χ3n) is 4.83. The molecule has 27 heavy (non-hydrogen) atoms. The molecule has 3 rings (SSSR count). The Kier molecular flexibility index (Phi) is 5.15. The summed E-state index contributed by atoms with van der Waals surface area (Å²) in [6.45, 7) is 5.85. The molecule has 1 fully saturated rings. The van der Waals surface area contributed by atoms with E-state index in [1.165, 1.54) is 24.5 Å². The largest absolute Gasteiger partial charge is 0.408 e. The molecule has 0 amide bonds. The lowest BCUT2D eigenvalue weighted by Gasteiger charge is -2.42. The number of aromatic nitrogens is 2. The lowest BCUT2D eigenvalue weighted by atomic mass is 10.0. The SMILES string of the molecule is CC1COCCN1c1cc(=O)n2c(n1)N(CC(C)(C)O)[C@H](C(F)(F)F)CC2. The first-order valence-electron chi connectivity index (χ1n) is 8.99. The number of β-amino-alcohol motifs (C(OH)–C–C–N with tert-alkyl or cyclic N) is 1. The summed E-state index contributed by atoms with van der Waals surface area (Å²) < 4.78 is 47.5. The molecule has 0 spiro atoms. The van der Waals surface area contributed by atoms with Gasteiger partial charge in [0, 0.05) is 25.7 Å². The second kappa shape index (κ2) is 6.97. The van der Waals surface area contributed by atoms with Gasteiger partial charge in [-0.3, -0.25) is 9.36 Å². The third kappa shape index (κ3) is 4.21. The molecule has 2 atom stereocenters. The zero-order valence-corrected chi connectivity index (χ0v) is 15.7. The van der Waals surface area contributed by atoms with Crippen molar-refractivity contribution in [2.24, 2.45) is 0 Å². The summed E-state index contributed by atoms with van der Waals surface area (Å²) in [5.41, 5.74) is -1.78. The summed E-state index contributed by atoms with van der Waals surface area (Å²) in [6.07, 6.45) is -4.75. The zero-order chi connectivity index (χ0) is 20.0. The molecular formula is C17H25F3N4O3. The van der Waals surface area contributed by atoms with Gasteiger partial charge in [0.1, 0.15) is 11.9 Å². The monoisotopic (exact) mass is 390 g/mol. The number of morpholine rings is 1. The fourth-order valence-corrected chi connectivity index (χ4v) is 3.61. The molecule has 2 aliphatic heterocycles. The van der Waals surface area contributed by atoms with Crippen molar-refractivity contribution >= 4 is 11.8 Å². The van der Waals surface area contributed by atoms with Gasteiger partial charge in [0.05, 0.1) is 24.9 Å². The molecule has 0 radical (unpaired) electrons. The standard InChI is InChI=1S/C17H25F3N4O3/c1-11-9-27-7-6-22(11)13-8-14(25)23-5-4-12(17(18,19)20)24(15(23)21-13)10-16(2,3)26/h8,11-12,26H,4-7,9-10H2,1-3H3/t11?,12-/m0/s1. The van der Waals surface area contributed by atoms with E-state index in [-0.39, 0.29) is 31.5 Å². The molecular weight excluding hydrogens is 365 g/mol. The summed E-state index contributed by atoms with van der Waals surface area (Å²) in [5, 5.41) is 10.2. The lowest BCUT2D eigenvalue weighted by Crippen LogP contribution is -2.56. The van der Waals surface area contributed by atoms with Gasteiger partial charge in [-0.1, -0.05) is 0 Å². The normalized spacial score (nSPS) is 24.1. The predicted molar refractivity (Wildman–Crippen MR) is 94.2 cm³/mol. The summed E-state index contributed by atoms with van der Waals surface area (Å²) in [6, 6.07) is -0.478. The highest BCUT2D eigenvalue weighted by Gasteiger charge is 2.48. The van der Waals surface area contributed by atoms with Crippen LogP contribution in [0.5, 0.6) is 0 Å². The van der Waals surface area contributed by atoms with Crippen molar-refractivity contribution < 1.29 is 23.0 Å². The molecule has 10 heteroatoms. The molecule has 0 saturated carbocycles. The Balaban J connectivity index is 2.08. The Hall–Kier alpha value is -1.81. The van der Waals surface area contributed by atoms with Gasteiger partial charge in [-0.25, -0.2) is 0 Å². The van der Waals surface area contributed by atoms with Crippen molar-refractivity contribution in [3.8, 4) is 0 Å². The highest BCUT2D eigenvalue weighted by Crippen LogP contribution is 2.35. The molecule has 2 aliphatic rings. The van der Waals surface area contributed by atoms with Crippen LogP contribution in [-0.4, -0.2) is 64.8 Å². The smallest absolute Gasteiger partial charge is 0.389 e. The van der Waals surface area contributed by atoms with Gasteiger partial charge in [-0.05, 0) is 27.2 Å². The predicted octanol–water partition coefficient (Wildman–Crippen LogP) is 1.38. The van der Waals surface area contributed by atoms with Crippen LogP contribution in [0.2, 0.25) is 0 Å². The number of anilines is 2. The Morgan fingerprint density at radius 3 is 2.63 bits per heavy atom. The molecule has 1 saturated heterocycles. The number of alkyl halides is 3. The average Bonchev–Trinajstić information content (AvgIpc) is 2.53. The van der Waals surface area contributed by atoms with Crippen molar-refractivity contribution in [1.82, 2.24) is 9.55 Å². The maximum absolute atomic E-state index is 13.6. The molecule has 3 heterocycles. The number of nitrogens with zero attached hydrogens (tertiary/aromatic N) is 4. The van der Waals surface area contributed by atoms with Crippen LogP contribution < -0.4 is 15.4 Å². The van der Waals surface area contributed by atoms with Crippen LogP contribution in [0.4, 0.5) is 24.9 Å². The van der Waals surface area contributed by atoms with E-state index in [9.17, 15) is 23.1 Å². The van der Waals surface area contributed by atoms with Gasteiger partial charge in [0.15, 0.2) is 0 Å². The van der Waals surface area contributed by atoms with Crippen molar-refractivity contribution in [2.75, 3.05) is 36.1 Å². The van der Waals surface area contributed by atoms with E-state index in [4.69, 9.17) is 4.74 Å². The van der Waals surface area contributed by atoms with Gasteiger partial charge in [-0.15, -0.1) is 0 Å². The Bertz CT molecular complexity index is 744. The molecule has 0 aliphatic carbocycles. The first-order valence-corrected chi connectivity index (χ1v) is 8.99. The lowest BCUT2D eigenvalue weighted by molar-refractivity contribution is -0.154. The quantitative estimate of drug-likeness (QED) is 0.841. The molecule has 1 unspecified atom stereocenters. The molecule has 152 valence electrons. The van der Waals surface area contributed by atoms with Crippen LogP contribution in [0.3, 0.4) is 0 Å². The molecule has 1 aromatic heterocycles. The minimum absolute atomic E-state index is 0.0431. The fraction of sp³-hybridized carbons (Fsp3) is 0.765.